The fourth-order valence-corrected chi connectivity index (χ4v) is 0. The number of halogens is 2. The number of hydrogen-bond donors (Lipinski definition) is 0. The van der Waals surface area contributed by atoms with Gasteiger partial charge in [-0.3, -0.25) is 0 Å². The molecule has 4 heteroatoms. The fraction of sp³-hybridized carbons (Fsp3) is 0. The Labute approximate surface area is 37.6 Å². The van der Waals surface area contributed by atoms with Crippen molar-refractivity contribution in [3.63, 3.8) is 0 Å². The second-order valence-electron chi connectivity index (χ2n) is 0.226. The van der Waals surface area contributed by atoms with Crippen LogP contribution in [0.25, 0.3) is 0 Å². The van der Waals surface area contributed by atoms with Crippen LogP contribution in [0.1, 0.15) is 0 Å². The Balaban J connectivity index is 0. The van der Waals surface area contributed by atoms with Crippen LogP contribution in [0.4, 0.5) is 13.6 Å². The van der Waals surface area contributed by atoms with E-state index in [-0.39, 0.29) is 16.8 Å². The second kappa shape index (κ2) is 4.04. The SMILES string of the molecule is O=C(F)F.[Co]. The molecule has 0 aromatic rings. The molecule has 0 unspecified atom stereocenters. The average Bonchev–Trinajstić information content (AvgIpc) is 0.811. The van der Waals surface area contributed by atoms with E-state index in [2.05, 4.69) is 0 Å². The quantitative estimate of drug-likeness (QED) is 0.442. The largest absolute Gasteiger partial charge is 0.483 e. The predicted octanol–water partition coefficient (Wildman–Crippen LogP) is 1.04. The number of carbonyl (C=O) groups is 1. The van der Waals surface area contributed by atoms with Crippen molar-refractivity contribution in [1.29, 1.82) is 0 Å². The van der Waals surface area contributed by atoms with Gasteiger partial charge in [0.25, 0.3) is 0 Å². The van der Waals surface area contributed by atoms with E-state index in [9.17, 15) is 8.78 Å². The van der Waals surface area contributed by atoms with Crippen molar-refractivity contribution in [2.75, 3.05) is 0 Å². The van der Waals surface area contributed by atoms with Crippen molar-refractivity contribution < 1.29 is 30.4 Å². The van der Waals surface area contributed by atoms with Gasteiger partial charge in [-0.1, -0.05) is 0 Å². The van der Waals surface area contributed by atoms with E-state index in [1.165, 1.54) is 0 Å². The van der Waals surface area contributed by atoms with Gasteiger partial charge in [-0.2, -0.15) is 0 Å². The second-order valence-corrected chi connectivity index (χ2v) is 0.226. The molecule has 0 aliphatic rings. The monoisotopic (exact) mass is 125 g/mol. The molecule has 1 radical (unpaired) electrons. The summed E-state index contributed by atoms with van der Waals surface area (Å²) in [7, 11) is 0. The summed E-state index contributed by atoms with van der Waals surface area (Å²) >= 11 is 0. The summed E-state index contributed by atoms with van der Waals surface area (Å²) in [5, 5.41) is 0. The molecule has 0 saturated heterocycles. The number of hydrogen-bond acceptors (Lipinski definition) is 1. The first kappa shape index (κ1) is 8.90. The maximum Gasteiger partial charge on any atom is 0.483 e. The van der Waals surface area contributed by atoms with E-state index < -0.39 is 6.29 Å². The van der Waals surface area contributed by atoms with Gasteiger partial charge in [-0.05, 0) is 0 Å². The van der Waals surface area contributed by atoms with E-state index >= 15 is 0 Å². The van der Waals surface area contributed by atoms with Gasteiger partial charge in [0.05, 0.1) is 0 Å². The summed E-state index contributed by atoms with van der Waals surface area (Å²) < 4.78 is 19.4. The Kier molecular flexibility index (Phi) is 7.18. The summed E-state index contributed by atoms with van der Waals surface area (Å²) in [5.74, 6) is 0. The molecule has 5 heavy (non-hydrogen) atoms. The molecule has 0 bridgehead atoms. The summed E-state index contributed by atoms with van der Waals surface area (Å²) in [6.07, 6.45) is -2.83. The Morgan fingerprint density at radius 1 is 1.40 bits per heavy atom. The normalized spacial score (nSPS) is 5.20. The van der Waals surface area contributed by atoms with Crippen LogP contribution in [0, 0.1) is 0 Å². The van der Waals surface area contributed by atoms with Crippen molar-refractivity contribution in [2.45, 2.75) is 0 Å². The molecular weight excluding hydrogens is 125 g/mol. The first-order valence-electron chi connectivity index (χ1n) is 0.582. The Morgan fingerprint density at radius 3 is 1.40 bits per heavy atom. The van der Waals surface area contributed by atoms with Crippen molar-refractivity contribution in [3.8, 4) is 0 Å². The van der Waals surface area contributed by atoms with E-state index in [1.54, 1.807) is 0 Å². The molecule has 0 aromatic heterocycles. The van der Waals surface area contributed by atoms with E-state index in [4.69, 9.17) is 4.79 Å². The van der Waals surface area contributed by atoms with Crippen LogP contribution >= 0.6 is 0 Å². The maximum absolute atomic E-state index is 9.69. The van der Waals surface area contributed by atoms with Crippen LogP contribution in [-0.4, -0.2) is 6.29 Å². The molecular formula is CCoF2O. The van der Waals surface area contributed by atoms with Crippen molar-refractivity contribution >= 4 is 6.29 Å². The van der Waals surface area contributed by atoms with E-state index in [0.29, 0.717) is 0 Å². The van der Waals surface area contributed by atoms with Gasteiger partial charge >= 0.3 is 6.29 Å². The van der Waals surface area contributed by atoms with E-state index in [0.717, 1.165) is 0 Å². The van der Waals surface area contributed by atoms with Crippen LogP contribution in [0.15, 0.2) is 0 Å². The van der Waals surface area contributed by atoms with Crippen molar-refractivity contribution in [3.05, 3.63) is 0 Å². The molecule has 0 aliphatic carbocycles. The third-order valence-electron chi connectivity index (χ3n) is 0. The third-order valence-corrected chi connectivity index (χ3v) is 0. The fourth-order valence-electron chi connectivity index (χ4n) is 0. The van der Waals surface area contributed by atoms with Crippen LogP contribution in [-0.2, 0) is 16.8 Å². The Bertz CT molecular complexity index is 32.6. The molecule has 0 heterocycles. The van der Waals surface area contributed by atoms with Crippen molar-refractivity contribution in [2.24, 2.45) is 0 Å². The summed E-state index contributed by atoms with van der Waals surface area (Å²) in [5.41, 5.74) is 0. The van der Waals surface area contributed by atoms with Gasteiger partial charge < -0.3 is 0 Å². The zero-order chi connectivity index (χ0) is 3.58. The van der Waals surface area contributed by atoms with Gasteiger partial charge in [-0.15, -0.1) is 8.78 Å². The van der Waals surface area contributed by atoms with Crippen LogP contribution in [0.3, 0.4) is 0 Å². The first-order chi connectivity index (χ1) is 1.73. The van der Waals surface area contributed by atoms with Gasteiger partial charge in [0.1, 0.15) is 0 Å². The van der Waals surface area contributed by atoms with Crippen molar-refractivity contribution in [1.82, 2.24) is 0 Å². The van der Waals surface area contributed by atoms with Gasteiger partial charge in [0.2, 0.25) is 0 Å². The molecule has 0 spiro atoms. The summed E-state index contributed by atoms with van der Waals surface area (Å²) in [4.78, 5) is 8.11. The maximum atomic E-state index is 9.69. The molecule has 0 aromatic carbocycles. The molecule has 33 valence electrons. The number of rotatable bonds is 0. The third kappa shape index (κ3) is 12600. The average molecular weight is 125 g/mol. The molecule has 0 rings (SSSR count). The molecule has 0 fully saturated rings. The van der Waals surface area contributed by atoms with Crippen LogP contribution in [0.5, 0.6) is 0 Å². The molecule has 0 aliphatic heterocycles. The molecule has 0 N–H and O–H groups in total. The minimum atomic E-state index is -2.83. The zero-order valence-corrected chi connectivity index (χ0v) is 3.04. The zero-order valence-electron chi connectivity index (χ0n) is 2.00. The summed E-state index contributed by atoms with van der Waals surface area (Å²) in [6, 6.07) is 0. The minimum Gasteiger partial charge on any atom is -0.219 e. The molecule has 0 atom stereocenters. The van der Waals surface area contributed by atoms with E-state index in [1.807, 2.05) is 0 Å². The Morgan fingerprint density at radius 2 is 1.40 bits per heavy atom. The van der Waals surface area contributed by atoms with Gasteiger partial charge in [0.15, 0.2) is 0 Å². The topological polar surface area (TPSA) is 17.1 Å². The van der Waals surface area contributed by atoms with Crippen LogP contribution in [0.2, 0.25) is 0 Å². The molecule has 0 amide bonds. The minimum absolute atomic E-state index is 0. The Hall–Kier alpha value is 0.0365. The van der Waals surface area contributed by atoms with Gasteiger partial charge in [-0.25, -0.2) is 4.79 Å². The first-order valence-corrected chi connectivity index (χ1v) is 0.582. The number of carbonyl (C=O) groups excluding carboxylic acids is 1. The summed E-state index contributed by atoms with van der Waals surface area (Å²) in [6.45, 7) is 0. The molecule has 0 saturated carbocycles. The van der Waals surface area contributed by atoms with Gasteiger partial charge in [0, 0.05) is 16.8 Å². The van der Waals surface area contributed by atoms with Crippen LogP contribution < -0.4 is 0 Å². The standard InChI is InChI=1S/CF2O.Co/c2-1(3)4;. The smallest absolute Gasteiger partial charge is 0.219 e. The predicted molar refractivity (Wildman–Crippen MR) is 7.61 cm³/mol. The molecule has 1 nitrogen and oxygen atoms in total.